The van der Waals surface area contributed by atoms with Crippen molar-refractivity contribution in [3.63, 3.8) is 0 Å². The van der Waals surface area contributed by atoms with E-state index in [2.05, 4.69) is 10.2 Å². The number of hydrogen-bond donors (Lipinski definition) is 3. The third kappa shape index (κ3) is 2.24. The first kappa shape index (κ1) is 11.9. The molecule has 0 bridgehead atoms. The van der Waals surface area contributed by atoms with Crippen molar-refractivity contribution in [2.75, 3.05) is 10.7 Å². The molecule has 0 spiro atoms. The summed E-state index contributed by atoms with van der Waals surface area (Å²) in [4.78, 5) is 3.40. The Kier molecular flexibility index (Phi) is 3.06. The molecule has 1 aromatic rings. The van der Waals surface area contributed by atoms with Crippen LogP contribution in [0.2, 0.25) is 0 Å². The highest BCUT2D eigenvalue weighted by Gasteiger charge is 2.36. The normalized spacial score (nSPS) is 10.9. The van der Waals surface area contributed by atoms with Gasteiger partial charge in [0.25, 0.3) is 0 Å². The first-order valence-corrected chi connectivity index (χ1v) is 3.90. The average Bonchev–Trinajstić information content (AvgIpc) is 2.20. The lowest BCUT2D eigenvalue weighted by molar-refractivity contribution is -0.137. The number of hydrogen-bond acceptors (Lipinski definition) is 5. The molecule has 1 aromatic heterocycles. The van der Waals surface area contributed by atoms with Gasteiger partial charge in [-0.05, 0) is 6.07 Å². The van der Waals surface area contributed by atoms with Crippen LogP contribution in [0.15, 0.2) is 17.5 Å². The molecule has 16 heavy (non-hydrogen) atoms. The highest BCUT2D eigenvalue weighted by molar-refractivity contribution is 5.76. The summed E-state index contributed by atoms with van der Waals surface area (Å²) < 4.78 is 37.7. The number of pyridine rings is 1. The number of rotatable bonds is 3. The summed E-state index contributed by atoms with van der Waals surface area (Å²) in [6, 6.07) is 0.671. The van der Waals surface area contributed by atoms with Gasteiger partial charge in [0.15, 0.2) is 5.82 Å². The number of aromatic nitrogens is 1. The first-order valence-electron chi connectivity index (χ1n) is 3.90. The lowest BCUT2D eigenvalue weighted by Gasteiger charge is -2.16. The summed E-state index contributed by atoms with van der Waals surface area (Å²) in [5.41, 5.74) is 10.5. The van der Waals surface area contributed by atoms with Crippen molar-refractivity contribution in [3.8, 4) is 0 Å². The van der Waals surface area contributed by atoms with E-state index in [1.54, 1.807) is 0 Å². The zero-order valence-electron chi connectivity index (χ0n) is 7.78. The summed E-state index contributed by atoms with van der Waals surface area (Å²) in [6.07, 6.45) is -3.24. The highest BCUT2D eigenvalue weighted by Crippen LogP contribution is 2.36. The van der Waals surface area contributed by atoms with Gasteiger partial charge in [0.05, 0.1) is 11.9 Å². The van der Waals surface area contributed by atoms with Gasteiger partial charge in [-0.1, -0.05) is 5.22 Å². The van der Waals surface area contributed by atoms with Crippen molar-refractivity contribution >= 4 is 17.8 Å². The van der Waals surface area contributed by atoms with Crippen LogP contribution in [0.3, 0.4) is 0 Å². The van der Waals surface area contributed by atoms with E-state index in [1.807, 2.05) is 0 Å². The predicted octanol–water partition coefficient (Wildman–Crippen LogP) is 2.04. The lowest BCUT2D eigenvalue weighted by atomic mass is 10.2. The summed E-state index contributed by atoms with van der Waals surface area (Å²) in [5, 5.41) is 9.90. The molecule has 1 rings (SSSR count). The number of halogens is 3. The van der Waals surface area contributed by atoms with Crippen molar-refractivity contribution in [3.05, 3.63) is 17.8 Å². The Labute approximate surface area is 87.9 Å². The molecule has 1 heterocycles. The van der Waals surface area contributed by atoms with E-state index in [1.165, 1.54) is 0 Å². The van der Waals surface area contributed by atoms with Crippen LogP contribution in [0.4, 0.5) is 24.7 Å². The van der Waals surface area contributed by atoms with Crippen molar-refractivity contribution in [2.45, 2.75) is 6.18 Å². The van der Waals surface area contributed by atoms with Crippen LogP contribution in [0, 0.1) is 10.9 Å². The second kappa shape index (κ2) is 4.13. The molecule has 9 heteroatoms. The van der Waals surface area contributed by atoms with Gasteiger partial charge in [0.2, 0.25) is 0 Å². The third-order valence-corrected chi connectivity index (χ3v) is 1.64. The van der Waals surface area contributed by atoms with Gasteiger partial charge < -0.3 is 5.73 Å². The Hall–Kier alpha value is -2.19. The molecule has 86 valence electrons. The molecule has 0 aliphatic heterocycles. The molecule has 4 N–H and O–H groups in total. The Morgan fingerprint density at radius 2 is 2.12 bits per heavy atom. The second-order valence-electron chi connectivity index (χ2n) is 2.71. The van der Waals surface area contributed by atoms with E-state index < -0.39 is 17.6 Å². The smallest absolute Gasteiger partial charge is 0.397 e. The lowest BCUT2D eigenvalue weighted by Crippen LogP contribution is -2.19. The quantitative estimate of drug-likeness (QED) is 0.321. The fraction of sp³-hybridized carbons (Fsp3) is 0.143. The molecule has 0 aromatic carbocycles. The fourth-order valence-corrected chi connectivity index (χ4v) is 1.00. The number of nitrogen functional groups attached to an aromatic ring is 1. The number of nitrogens with zero attached hydrogens (tertiary/aromatic N) is 3. The SMILES string of the molecule is N=CN(N=N)c1ncc(N)cc1C(F)(F)F. The molecular formula is C7H7F3N6. The molecule has 0 fully saturated rings. The van der Waals surface area contributed by atoms with Crippen LogP contribution >= 0.6 is 0 Å². The van der Waals surface area contributed by atoms with Crippen LogP contribution in [0.25, 0.3) is 0 Å². The van der Waals surface area contributed by atoms with Crippen molar-refractivity contribution in [2.24, 2.45) is 5.22 Å². The molecule has 0 atom stereocenters. The number of anilines is 2. The molecule has 0 aliphatic carbocycles. The minimum atomic E-state index is -4.68. The van der Waals surface area contributed by atoms with E-state index in [0.717, 1.165) is 6.20 Å². The average molecular weight is 232 g/mol. The largest absolute Gasteiger partial charge is 0.420 e. The number of alkyl halides is 3. The van der Waals surface area contributed by atoms with Gasteiger partial charge >= 0.3 is 6.18 Å². The summed E-state index contributed by atoms with van der Waals surface area (Å²) in [6.45, 7) is 0. The number of nitrogens with two attached hydrogens (primary N) is 1. The zero-order chi connectivity index (χ0) is 12.3. The monoisotopic (exact) mass is 232 g/mol. The zero-order valence-corrected chi connectivity index (χ0v) is 7.78. The molecule has 0 amide bonds. The minimum Gasteiger partial charge on any atom is -0.397 e. The maximum atomic E-state index is 12.6. The summed E-state index contributed by atoms with van der Waals surface area (Å²) in [5.74, 6) is -0.660. The standard InChI is InChI=1S/C7H7F3N6/c8-7(9,10)5-1-4(12)2-14-6(5)16(3-11)15-13/h1-3,11,13H,12H2. The third-order valence-electron chi connectivity index (χ3n) is 1.64. The van der Waals surface area contributed by atoms with Crippen LogP contribution in [0.1, 0.15) is 5.56 Å². The predicted molar refractivity (Wildman–Crippen MR) is 50.1 cm³/mol. The topological polar surface area (TPSA) is 102 Å². The van der Waals surface area contributed by atoms with Gasteiger partial charge in [-0.2, -0.15) is 23.7 Å². The van der Waals surface area contributed by atoms with Crippen LogP contribution in [-0.4, -0.2) is 11.3 Å². The van der Waals surface area contributed by atoms with Crippen molar-refractivity contribution in [1.29, 1.82) is 10.9 Å². The molecule has 0 saturated carbocycles. The van der Waals surface area contributed by atoms with Crippen molar-refractivity contribution in [1.82, 2.24) is 4.98 Å². The minimum absolute atomic E-state index is 0.161. The van der Waals surface area contributed by atoms with Gasteiger partial charge in [-0.25, -0.2) is 4.98 Å². The Morgan fingerprint density at radius 3 is 2.56 bits per heavy atom. The van der Waals surface area contributed by atoms with Crippen LogP contribution < -0.4 is 10.7 Å². The van der Waals surface area contributed by atoms with Crippen LogP contribution in [-0.2, 0) is 6.18 Å². The van der Waals surface area contributed by atoms with Gasteiger partial charge in [-0.15, -0.1) is 0 Å². The fourth-order valence-electron chi connectivity index (χ4n) is 1.00. The van der Waals surface area contributed by atoms with Gasteiger partial charge in [0, 0.05) is 0 Å². The molecule has 0 saturated heterocycles. The Bertz CT molecular complexity index is 407. The molecule has 0 unspecified atom stereocenters. The number of nitrogens with one attached hydrogen (secondary N) is 2. The molecular weight excluding hydrogens is 225 g/mol. The van der Waals surface area contributed by atoms with E-state index >= 15 is 0 Å². The van der Waals surface area contributed by atoms with Crippen LogP contribution in [0.5, 0.6) is 0 Å². The van der Waals surface area contributed by atoms with E-state index in [0.29, 0.717) is 17.4 Å². The molecule has 0 aliphatic rings. The maximum Gasteiger partial charge on any atom is 0.420 e. The maximum absolute atomic E-state index is 12.6. The van der Waals surface area contributed by atoms with Gasteiger partial charge in [0.1, 0.15) is 11.9 Å². The summed E-state index contributed by atoms with van der Waals surface area (Å²) in [7, 11) is 0. The Balaban J connectivity index is 3.38. The van der Waals surface area contributed by atoms with E-state index in [-0.39, 0.29) is 5.69 Å². The van der Waals surface area contributed by atoms with Crippen molar-refractivity contribution < 1.29 is 13.2 Å². The molecule has 0 radical (unpaired) electrons. The van der Waals surface area contributed by atoms with Gasteiger partial charge in [-0.3, -0.25) is 5.41 Å². The van der Waals surface area contributed by atoms with E-state index in [4.69, 9.17) is 16.7 Å². The van der Waals surface area contributed by atoms with E-state index in [9.17, 15) is 13.2 Å². The molecule has 6 nitrogen and oxygen atoms in total. The summed E-state index contributed by atoms with van der Waals surface area (Å²) >= 11 is 0. The second-order valence-corrected chi connectivity index (χ2v) is 2.71. The highest BCUT2D eigenvalue weighted by atomic mass is 19.4. The Morgan fingerprint density at radius 1 is 1.50 bits per heavy atom. The first-order chi connectivity index (χ1) is 7.40.